The molecule has 2 fully saturated rings. The average Bonchev–Trinajstić information content (AvgIpc) is 3.25. The van der Waals surface area contributed by atoms with Gasteiger partial charge in [0.15, 0.2) is 5.76 Å². The molecular weight excluding hydrogens is 490 g/mol. The highest BCUT2D eigenvalue weighted by atomic mass is 16.5. The highest BCUT2D eigenvalue weighted by molar-refractivity contribution is 5.80. The smallest absolute Gasteiger partial charge is 0.313 e. The van der Waals surface area contributed by atoms with Crippen molar-refractivity contribution in [3.63, 3.8) is 0 Å². The SMILES string of the molecule is CCOC(=O)C1(CN2CCC3(CCc4c(-c5cnc(-c6ccc(OC(C)C)c(C#N)c6)o5)cccc43)C2)CC1. The van der Waals surface area contributed by atoms with E-state index in [2.05, 4.69) is 34.2 Å². The number of carbonyl (C=O) groups is 1. The highest BCUT2D eigenvalue weighted by Crippen LogP contribution is 2.52. The number of hydrogen-bond donors (Lipinski definition) is 0. The molecule has 3 aromatic rings. The van der Waals surface area contributed by atoms with E-state index in [4.69, 9.17) is 13.9 Å². The zero-order valence-corrected chi connectivity index (χ0v) is 23.0. The van der Waals surface area contributed by atoms with Gasteiger partial charge in [0, 0.05) is 29.6 Å². The Hall–Kier alpha value is -3.63. The number of likely N-dealkylation sites (tertiary alicyclic amines) is 1. The number of oxazole rings is 1. The van der Waals surface area contributed by atoms with Crippen LogP contribution in [0.15, 0.2) is 47.0 Å². The molecule has 3 aliphatic rings. The number of hydrogen-bond acceptors (Lipinski definition) is 7. The minimum absolute atomic E-state index is 0.0147. The molecule has 1 saturated heterocycles. The number of nitrogens with zero attached hydrogens (tertiary/aromatic N) is 3. The van der Waals surface area contributed by atoms with E-state index in [-0.39, 0.29) is 22.9 Å². The summed E-state index contributed by atoms with van der Waals surface area (Å²) in [4.78, 5) is 19.6. The van der Waals surface area contributed by atoms with Gasteiger partial charge < -0.3 is 18.8 Å². The van der Waals surface area contributed by atoms with Crippen molar-refractivity contribution in [1.82, 2.24) is 9.88 Å². The van der Waals surface area contributed by atoms with E-state index in [1.165, 1.54) is 11.1 Å². The van der Waals surface area contributed by atoms with Gasteiger partial charge in [-0.15, -0.1) is 0 Å². The van der Waals surface area contributed by atoms with Crippen molar-refractivity contribution in [3.05, 3.63) is 59.3 Å². The Balaban J connectivity index is 1.23. The van der Waals surface area contributed by atoms with Crippen LogP contribution in [0.5, 0.6) is 5.75 Å². The van der Waals surface area contributed by atoms with Gasteiger partial charge in [-0.1, -0.05) is 18.2 Å². The van der Waals surface area contributed by atoms with E-state index < -0.39 is 0 Å². The monoisotopic (exact) mass is 525 g/mol. The third-order valence-electron chi connectivity index (χ3n) is 8.60. The first kappa shape index (κ1) is 25.6. The summed E-state index contributed by atoms with van der Waals surface area (Å²) in [6.07, 6.45) is 6.85. The normalized spacial score (nSPS) is 21.2. The first-order chi connectivity index (χ1) is 18.9. The first-order valence-electron chi connectivity index (χ1n) is 14.1. The molecule has 39 heavy (non-hydrogen) atoms. The van der Waals surface area contributed by atoms with Crippen molar-refractivity contribution < 1.29 is 18.7 Å². The molecule has 2 aromatic carbocycles. The predicted molar refractivity (Wildman–Crippen MR) is 147 cm³/mol. The molecule has 202 valence electrons. The van der Waals surface area contributed by atoms with Gasteiger partial charge in [0.05, 0.1) is 29.9 Å². The van der Waals surface area contributed by atoms with Crippen LogP contribution in [0.3, 0.4) is 0 Å². The van der Waals surface area contributed by atoms with Crippen molar-refractivity contribution in [3.8, 4) is 34.6 Å². The fourth-order valence-electron chi connectivity index (χ4n) is 6.53. The maximum absolute atomic E-state index is 12.5. The Kier molecular flexibility index (Phi) is 6.47. The summed E-state index contributed by atoms with van der Waals surface area (Å²) in [7, 11) is 0. The van der Waals surface area contributed by atoms with Crippen LogP contribution in [0, 0.1) is 16.7 Å². The van der Waals surface area contributed by atoms with Crippen LogP contribution in [0.1, 0.15) is 63.1 Å². The number of nitriles is 1. The third kappa shape index (κ3) is 4.61. The summed E-state index contributed by atoms with van der Waals surface area (Å²) < 4.78 is 17.4. The molecule has 0 N–H and O–H groups in total. The molecule has 0 amide bonds. The van der Waals surface area contributed by atoms with Crippen LogP contribution in [0.2, 0.25) is 0 Å². The summed E-state index contributed by atoms with van der Waals surface area (Å²) in [5.41, 5.74) is 4.88. The number of rotatable bonds is 8. The van der Waals surface area contributed by atoms with Gasteiger partial charge in [-0.2, -0.15) is 5.26 Å². The number of ether oxygens (including phenoxy) is 2. The lowest BCUT2D eigenvalue weighted by Crippen LogP contribution is -2.36. The third-order valence-corrected chi connectivity index (χ3v) is 8.60. The number of carbonyl (C=O) groups excluding carboxylic acids is 1. The number of benzene rings is 2. The van der Waals surface area contributed by atoms with Gasteiger partial charge in [0.2, 0.25) is 5.89 Å². The van der Waals surface area contributed by atoms with Gasteiger partial charge in [-0.3, -0.25) is 4.79 Å². The number of aromatic nitrogens is 1. The molecule has 7 nitrogen and oxygen atoms in total. The zero-order chi connectivity index (χ0) is 27.2. The molecule has 1 aliphatic heterocycles. The maximum atomic E-state index is 12.5. The van der Waals surface area contributed by atoms with Crippen molar-refractivity contribution in [2.45, 2.75) is 64.4 Å². The molecular formula is C32H35N3O4. The van der Waals surface area contributed by atoms with Crippen LogP contribution in [0.4, 0.5) is 0 Å². The largest absolute Gasteiger partial charge is 0.490 e. The van der Waals surface area contributed by atoms with E-state index in [9.17, 15) is 10.1 Å². The van der Waals surface area contributed by atoms with Crippen molar-refractivity contribution in [2.75, 3.05) is 26.2 Å². The van der Waals surface area contributed by atoms with Gasteiger partial charge in [-0.05, 0) is 88.7 Å². The molecule has 2 heterocycles. The van der Waals surface area contributed by atoms with Crippen LogP contribution >= 0.6 is 0 Å². The molecule has 1 aromatic heterocycles. The zero-order valence-electron chi connectivity index (χ0n) is 23.0. The van der Waals surface area contributed by atoms with Crippen LogP contribution in [-0.2, 0) is 21.4 Å². The predicted octanol–water partition coefficient (Wildman–Crippen LogP) is 5.90. The summed E-state index contributed by atoms with van der Waals surface area (Å²) in [6, 6.07) is 14.2. The molecule has 2 aliphatic carbocycles. The second kappa shape index (κ2) is 9.84. The molecule has 6 rings (SSSR count). The van der Waals surface area contributed by atoms with E-state index in [0.717, 1.165) is 68.6 Å². The maximum Gasteiger partial charge on any atom is 0.313 e. The Morgan fingerprint density at radius 2 is 2.05 bits per heavy atom. The Morgan fingerprint density at radius 1 is 1.21 bits per heavy atom. The standard InChI is InChI=1S/C32H35N3O4/c1-4-37-30(36)32(12-13-32)20-35-15-14-31(19-35)11-10-24-25(6-5-7-26(24)31)28-18-34-29(39-28)22-8-9-27(38-21(2)3)23(16-22)17-33/h5-9,16,18,21H,4,10-15,19-20H2,1-3H3. The number of esters is 1. The van der Waals surface area contributed by atoms with Crippen molar-refractivity contribution >= 4 is 5.97 Å². The Bertz CT molecular complexity index is 1450. The minimum Gasteiger partial charge on any atom is -0.490 e. The number of fused-ring (bicyclic) bond motifs is 2. The lowest BCUT2D eigenvalue weighted by atomic mass is 9.80. The Labute approximate surface area is 229 Å². The van der Waals surface area contributed by atoms with Crippen molar-refractivity contribution in [2.24, 2.45) is 5.41 Å². The van der Waals surface area contributed by atoms with E-state index in [0.29, 0.717) is 23.8 Å². The highest BCUT2D eigenvalue weighted by Gasteiger charge is 2.54. The molecule has 0 radical (unpaired) electrons. The summed E-state index contributed by atoms with van der Waals surface area (Å²) >= 11 is 0. The minimum atomic E-state index is -0.286. The van der Waals surface area contributed by atoms with Crippen LogP contribution in [0.25, 0.3) is 22.8 Å². The summed E-state index contributed by atoms with van der Waals surface area (Å²) in [6.45, 7) is 9.00. The van der Waals surface area contributed by atoms with E-state index in [1.807, 2.05) is 26.8 Å². The van der Waals surface area contributed by atoms with Gasteiger partial charge in [-0.25, -0.2) is 4.98 Å². The van der Waals surface area contributed by atoms with Gasteiger partial charge in [0.1, 0.15) is 11.8 Å². The molecule has 0 bridgehead atoms. The van der Waals surface area contributed by atoms with E-state index >= 15 is 0 Å². The summed E-state index contributed by atoms with van der Waals surface area (Å²) in [5.74, 6) is 1.78. The van der Waals surface area contributed by atoms with Gasteiger partial charge >= 0.3 is 5.97 Å². The lowest BCUT2D eigenvalue weighted by Gasteiger charge is -2.27. The topological polar surface area (TPSA) is 88.6 Å². The van der Waals surface area contributed by atoms with Crippen LogP contribution < -0.4 is 4.74 Å². The average molecular weight is 526 g/mol. The molecule has 1 unspecified atom stereocenters. The molecule has 1 saturated carbocycles. The molecule has 1 spiro atoms. The van der Waals surface area contributed by atoms with Crippen LogP contribution in [-0.4, -0.2) is 48.2 Å². The fraction of sp³-hybridized carbons (Fsp3) is 0.469. The second-order valence-corrected chi connectivity index (χ2v) is 11.6. The first-order valence-corrected chi connectivity index (χ1v) is 14.1. The Morgan fingerprint density at radius 3 is 2.79 bits per heavy atom. The van der Waals surface area contributed by atoms with Gasteiger partial charge in [0.25, 0.3) is 0 Å². The van der Waals surface area contributed by atoms with E-state index in [1.54, 1.807) is 18.3 Å². The fourth-order valence-corrected chi connectivity index (χ4v) is 6.53. The molecule has 1 atom stereocenters. The second-order valence-electron chi connectivity index (χ2n) is 11.6. The lowest BCUT2D eigenvalue weighted by molar-refractivity contribution is -0.150. The summed E-state index contributed by atoms with van der Waals surface area (Å²) in [5, 5.41) is 9.62. The quantitative estimate of drug-likeness (QED) is 0.338. The van der Waals surface area contributed by atoms with Crippen molar-refractivity contribution in [1.29, 1.82) is 5.26 Å². The molecule has 7 heteroatoms.